The molecule has 0 amide bonds. The van der Waals surface area contributed by atoms with Crippen LogP contribution in [0.5, 0.6) is 5.75 Å². The van der Waals surface area contributed by atoms with E-state index in [1.165, 1.54) is 10.7 Å². The fourth-order valence-corrected chi connectivity index (χ4v) is 4.76. The lowest BCUT2D eigenvalue weighted by Gasteiger charge is -2.34. The summed E-state index contributed by atoms with van der Waals surface area (Å²) in [6.07, 6.45) is -2.47. The van der Waals surface area contributed by atoms with E-state index in [-0.39, 0.29) is 30.5 Å². The lowest BCUT2D eigenvalue weighted by atomic mass is 9.93. The number of nitrogens with zero attached hydrogens (tertiary/aromatic N) is 6. The number of halogens is 3. The number of carboxylic acids is 1. The molecule has 2 aromatic heterocycles. The van der Waals surface area contributed by atoms with Gasteiger partial charge in [0.05, 0.1) is 30.2 Å². The number of carboxylic acid groups (broad SMARTS) is 1. The molecule has 3 N–H and O–H groups in total. The Kier molecular flexibility index (Phi) is 6.84. The van der Waals surface area contributed by atoms with Gasteiger partial charge < -0.3 is 30.1 Å². The molecule has 0 spiro atoms. The molecule has 3 heterocycles. The van der Waals surface area contributed by atoms with Crippen molar-refractivity contribution in [1.82, 2.24) is 24.6 Å². The number of rotatable bonds is 7. The first-order valence-electron chi connectivity index (χ1n) is 12.0. The highest BCUT2D eigenvalue weighted by Crippen LogP contribution is 2.38. The second-order valence-corrected chi connectivity index (χ2v) is 9.14. The molecule has 0 atom stereocenters. The molecule has 5 rings (SSSR count). The van der Waals surface area contributed by atoms with Gasteiger partial charge in [-0.25, -0.2) is 14.8 Å². The van der Waals surface area contributed by atoms with Crippen molar-refractivity contribution >= 4 is 23.3 Å². The van der Waals surface area contributed by atoms with Crippen LogP contribution in [0.15, 0.2) is 24.4 Å². The monoisotopic (exact) mass is 533 g/mol. The molecule has 1 saturated heterocycles. The third-order valence-corrected chi connectivity index (χ3v) is 6.60. The maximum atomic E-state index is 13.2. The van der Waals surface area contributed by atoms with Crippen molar-refractivity contribution in [2.75, 3.05) is 50.1 Å². The third kappa shape index (κ3) is 5.22. The molecule has 1 fully saturated rings. The largest absolute Gasteiger partial charge is 0.573 e. The predicted molar refractivity (Wildman–Crippen MR) is 131 cm³/mol. The van der Waals surface area contributed by atoms with Gasteiger partial charge in [-0.3, -0.25) is 4.68 Å². The summed E-state index contributed by atoms with van der Waals surface area (Å²) in [5.41, 5.74) is 2.71. The van der Waals surface area contributed by atoms with Crippen LogP contribution in [-0.2, 0) is 19.4 Å². The first-order chi connectivity index (χ1) is 18.1. The van der Waals surface area contributed by atoms with Crippen LogP contribution in [0, 0.1) is 0 Å². The summed E-state index contributed by atoms with van der Waals surface area (Å²) in [6.45, 7) is 2.86. The zero-order valence-electron chi connectivity index (χ0n) is 20.5. The Balaban J connectivity index is 1.52. The van der Waals surface area contributed by atoms with Gasteiger partial charge in [0.25, 0.3) is 0 Å². The maximum Gasteiger partial charge on any atom is 0.573 e. The van der Waals surface area contributed by atoms with Gasteiger partial charge in [0.1, 0.15) is 0 Å². The smallest absolute Gasteiger partial charge is 0.476 e. The van der Waals surface area contributed by atoms with Crippen molar-refractivity contribution in [2.24, 2.45) is 0 Å². The number of aromatic carboxylic acids is 1. The van der Waals surface area contributed by atoms with Gasteiger partial charge in [0.15, 0.2) is 11.4 Å². The second-order valence-electron chi connectivity index (χ2n) is 9.14. The maximum absolute atomic E-state index is 13.2. The number of piperazine rings is 1. The van der Waals surface area contributed by atoms with E-state index < -0.39 is 18.1 Å². The van der Waals surface area contributed by atoms with E-state index in [0.29, 0.717) is 42.9 Å². The summed E-state index contributed by atoms with van der Waals surface area (Å²) in [5, 5.41) is 26.1. The number of aryl methyl sites for hydroxylation is 1. The molecular formula is C24H26F3N7O4. The van der Waals surface area contributed by atoms with E-state index in [2.05, 4.69) is 34.9 Å². The fraction of sp³-hybridized carbons (Fsp3) is 0.417. The Morgan fingerprint density at radius 1 is 1.18 bits per heavy atom. The Morgan fingerprint density at radius 3 is 2.63 bits per heavy atom. The van der Waals surface area contributed by atoms with Crippen LogP contribution >= 0.6 is 0 Å². The van der Waals surface area contributed by atoms with Crippen LogP contribution in [0.2, 0.25) is 0 Å². The Bertz CT molecular complexity index is 1350. The number of aliphatic hydroxyl groups excluding tert-OH is 1. The molecule has 0 bridgehead atoms. The van der Waals surface area contributed by atoms with Crippen molar-refractivity contribution in [3.8, 4) is 17.1 Å². The normalized spacial score (nSPS) is 15.7. The summed E-state index contributed by atoms with van der Waals surface area (Å²) < 4.78 is 45.1. The molecule has 0 radical (unpaired) electrons. The molecule has 38 heavy (non-hydrogen) atoms. The fourth-order valence-electron chi connectivity index (χ4n) is 4.76. The van der Waals surface area contributed by atoms with Gasteiger partial charge in [0.2, 0.25) is 5.95 Å². The number of benzene rings is 1. The average Bonchev–Trinajstić information content (AvgIpc) is 3.24. The Hall–Kier alpha value is -3.91. The van der Waals surface area contributed by atoms with Crippen molar-refractivity contribution in [2.45, 2.75) is 25.7 Å². The number of nitrogens with one attached hydrogen (secondary N) is 1. The summed E-state index contributed by atoms with van der Waals surface area (Å²) in [7, 11) is 2.01. The van der Waals surface area contributed by atoms with Crippen molar-refractivity contribution in [1.29, 1.82) is 0 Å². The SMILES string of the molecule is CN1CCN(c2ccc(OC(F)(F)F)c(Nc3ncc4c(n3)-c3c(c(C(=O)O)nn3CCO)CC4)c2)CC1. The van der Waals surface area contributed by atoms with E-state index in [4.69, 9.17) is 0 Å². The standard InChI is InChI=1S/C24H26F3N7O4/c1-32-6-8-33(9-7-32)15-3-5-18(38-24(25,26)27)17(12-15)29-23-28-13-14-2-4-16-20(22(36)37)31-34(10-11-35)21(16)19(14)30-23/h3,5,12-13,35H,2,4,6-11H2,1H3,(H,36,37)(H,28,29,30). The Morgan fingerprint density at radius 2 is 1.95 bits per heavy atom. The highest BCUT2D eigenvalue weighted by Gasteiger charge is 2.33. The summed E-state index contributed by atoms with van der Waals surface area (Å²) in [4.78, 5) is 24.8. The van der Waals surface area contributed by atoms with Crippen LogP contribution < -0.4 is 15.0 Å². The van der Waals surface area contributed by atoms with Gasteiger partial charge in [-0.15, -0.1) is 13.2 Å². The molecule has 0 unspecified atom stereocenters. The summed E-state index contributed by atoms with van der Waals surface area (Å²) >= 11 is 0. The minimum absolute atomic E-state index is 0.00720. The highest BCUT2D eigenvalue weighted by atomic mass is 19.4. The summed E-state index contributed by atoms with van der Waals surface area (Å²) in [6, 6.07) is 4.41. The van der Waals surface area contributed by atoms with E-state index in [9.17, 15) is 28.2 Å². The first-order valence-corrected chi connectivity index (χ1v) is 12.0. The van der Waals surface area contributed by atoms with Crippen LogP contribution in [0.1, 0.15) is 21.6 Å². The molecule has 1 aliphatic heterocycles. The molecule has 202 valence electrons. The number of fused-ring (bicyclic) bond motifs is 3. The number of anilines is 3. The number of likely N-dealkylation sites (N-methyl/N-ethyl adjacent to an activating group) is 1. The minimum atomic E-state index is -4.90. The van der Waals surface area contributed by atoms with Gasteiger partial charge in [-0.05, 0) is 43.7 Å². The van der Waals surface area contributed by atoms with Crippen molar-refractivity contribution in [3.05, 3.63) is 41.2 Å². The molecule has 11 nitrogen and oxygen atoms in total. The molecule has 3 aromatic rings. The van der Waals surface area contributed by atoms with Crippen LogP contribution in [0.25, 0.3) is 11.4 Å². The highest BCUT2D eigenvalue weighted by molar-refractivity contribution is 5.90. The van der Waals surface area contributed by atoms with Gasteiger partial charge in [0, 0.05) is 43.6 Å². The molecule has 2 aliphatic rings. The number of aliphatic hydroxyl groups is 1. The zero-order valence-corrected chi connectivity index (χ0v) is 20.5. The van der Waals surface area contributed by atoms with E-state index in [1.54, 1.807) is 18.3 Å². The lowest BCUT2D eigenvalue weighted by molar-refractivity contribution is -0.274. The van der Waals surface area contributed by atoms with Gasteiger partial charge in [-0.2, -0.15) is 5.10 Å². The molecule has 1 aliphatic carbocycles. The lowest BCUT2D eigenvalue weighted by Crippen LogP contribution is -2.44. The number of alkyl halides is 3. The van der Waals surface area contributed by atoms with Gasteiger partial charge >= 0.3 is 12.3 Å². The first kappa shape index (κ1) is 25.7. The molecule has 14 heteroatoms. The Labute approximate surface area is 215 Å². The number of aromatic nitrogens is 4. The molecule has 1 aromatic carbocycles. The number of hydrogen-bond acceptors (Lipinski definition) is 9. The van der Waals surface area contributed by atoms with Crippen molar-refractivity contribution in [3.63, 3.8) is 0 Å². The van der Waals surface area contributed by atoms with E-state index in [1.807, 2.05) is 7.05 Å². The number of ether oxygens (including phenoxy) is 1. The molecular weight excluding hydrogens is 507 g/mol. The van der Waals surface area contributed by atoms with Crippen LogP contribution in [0.4, 0.5) is 30.5 Å². The van der Waals surface area contributed by atoms with Crippen molar-refractivity contribution < 1.29 is 32.9 Å². The third-order valence-electron chi connectivity index (χ3n) is 6.60. The topological polar surface area (TPSA) is 129 Å². The number of hydrogen-bond donors (Lipinski definition) is 3. The second kappa shape index (κ2) is 10.1. The predicted octanol–water partition coefficient (Wildman–Crippen LogP) is 2.52. The van der Waals surface area contributed by atoms with Crippen LogP contribution in [-0.4, -0.2) is 87.0 Å². The zero-order chi connectivity index (χ0) is 27.0. The number of carbonyl (C=O) groups is 1. The van der Waals surface area contributed by atoms with Gasteiger partial charge in [-0.1, -0.05) is 0 Å². The average molecular weight is 534 g/mol. The summed E-state index contributed by atoms with van der Waals surface area (Å²) in [5.74, 6) is -1.62. The van der Waals surface area contributed by atoms with Crippen LogP contribution in [0.3, 0.4) is 0 Å². The minimum Gasteiger partial charge on any atom is -0.476 e. The molecule has 0 saturated carbocycles. The quantitative estimate of drug-likeness (QED) is 0.417. The van der Waals surface area contributed by atoms with E-state index >= 15 is 0 Å². The van der Waals surface area contributed by atoms with E-state index in [0.717, 1.165) is 24.3 Å².